The van der Waals surface area contributed by atoms with Crippen LogP contribution in [0.4, 0.5) is 5.69 Å². The number of hydrogen-bond acceptors (Lipinski definition) is 3. The highest BCUT2D eigenvalue weighted by molar-refractivity contribution is 7.89. The molecule has 0 radical (unpaired) electrons. The van der Waals surface area contributed by atoms with E-state index in [1.54, 1.807) is 12.1 Å². The van der Waals surface area contributed by atoms with Crippen molar-refractivity contribution in [2.75, 3.05) is 5.32 Å². The summed E-state index contributed by atoms with van der Waals surface area (Å²) in [5.74, 6) is 0.103. The quantitative estimate of drug-likeness (QED) is 0.832. The SMILES string of the molecule is O=C(Nc1ccc(S(=O)(=O)NCc2ccccc2)cc1)C1CCCC1. The summed E-state index contributed by atoms with van der Waals surface area (Å²) in [6.07, 6.45) is 4.06. The van der Waals surface area contributed by atoms with E-state index >= 15 is 0 Å². The van der Waals surface area contributed by atoms with Crippen LogP contribution in [0.3, 0.4) is 0 Å². The summed E-state index contributed by atoms with van der Waals surface area (Å²) in [5.41, 5.74) is 1.52. The molecule has 2 N–H and O–H groups in total. The number of benzene rings is 2. The van der Waals surface area contributed by atoms with Crippen molar-refractivity contribution >= 4 is 21.6 Å². The molecular formula is C19H22N2O3S. The molecular weight excluding hydrogens is 336 g/mol. The van der Waals surface area contributed by atoms with Crippen molar-refractivity contribution < 1.29 is 13.2 Å². The van der Waals surface area contributed by atoms with Crippen LogP contribution >= 0.6 is 0 Å². The normalized spacial score (nSPS) is 15.2. The minimum atomic E-state index is -3.58. The fourth-order valence-electron chi connectivity index (χ4n) is 3.01. The minimum absolute atomic E-state index is 0.0234. The van der Waals surface area contributed by atoms with Gasteiger partial charge in [-0.05, 0) is 42.7 Å². The summed E-state index contributed by atoms with van der Waals surface area (Å²) < 4.78 is 27.3. The van der Waals surface area contributed by atoms with Gasteiger partial charge >= 0.3 is 0 Å². The second kappa shape index (κ2) is 7.80. The first kappa shape index (κ1) is 17.6. The fraction of sp³-hybridized carbons (Fsp3) is 0.316. The Hall–Kier alpha value is -2.18. The summed E-state index contributed by atoms with van der Waals surface area (Å²) in [6, 6.07) is 15.6. The molecule has 1 saturated carbocycles. The van der Waals surface area contributed by atoms with Crippen LogP contribution in [0, 0.1) is 5.92 Å². The standard InChI is InChI=1S/C19H22N2O3S/c22-19(16-8-4-5-9-16)21-17-10-12-18(13-11-17)25(23,24)20-14-15-6-2-1-3-7-15/h1-3,6-7,10-13,16,20H,4-5,8-9,14H2,(H,21,22). The molecule has 1 amide bonds. The summed E-state index contributed by atoms with van der Waals surface area (Å²) in [7, 11) is -3.58. The summed E-state index contributed by atoms with van der Waals surface area (Å²) in [4.78, 5) is 12.3. The Morgan fingerprint density at radius 1 is 0.960 bits per heavy atom. The predicted molar refractivity (Wildman–Crippen MR) is 97.5 cm³/mol. The van der Waals surface area contributed by atoms with Gasteiger partial charge in [0.25, 0.3) is 0 Å². The van der Waals surface area contributed by atoms with Gasteiger partial charge in [-0.1, -0.05) is 43.2 Å². The van der Waals surface area contributed by atoms with Crippen LogP contribution in [-0.4, -0.2) is 14.3 Å². The van der Waals surface area contributed by atoms with E-state index in [0.29, 0.717) is 5.69 Å². The van der Waals surface area contributed by atoms with Gasteiger partial charge in [-0.25, -0.2) is 13.1 Å². The Bertz CT molecular complexity index is 812. The maximum absolute atomic E-state index is 12.3. The number of anilines is 1. The third-order valence-corrected chi connectivity index (χ3v) is 5.88. The summed E-state index contributed by atoms with van der Waals surface area (Å²) in [5, 5.41) is 2.87. The average Bonchev–Trinajstić information content (AvgIpc) is 3.16. The third-order valence-electron chi connectivity index (χ3n) is 4.47. The smallest absolute Gasteiger partial charge is 0.240 e. The van der Waals surface area contributed by atoms with Crippen LogP contribution in [0.15, 0.2) is 59.5 Å². The lowest BCUT2D eigenvalue weighted by molar-refractivity contribution is -0.119. The molecule has 2 aromatic rings. The van der Waals surface area contributed by atoms with Crippen molar-refractivity contribution in [1.29, 1.82) is 0 Å². The highest BCUT2D eigenvalue weighted by Crippen LogP contribution is 2.26. The van der Waals surface area contributed by atoms with Gasteiger partial charge in [0.05, 0.1) is 4.90 Å². The van der Waals surface area contributed by atoms with E-state index in [4.69, 9.17) is 0 Å². The summed E-state index contributed by atoms with van der Waals surface area (Å²) in [6.45, 7) is 0.239. The molecule has 0 aromatic heterocycles. The zero-order chi connectivity index (χ0) is 17.7. The van der Waals surface area contributed by atoms with E-state index in [1.165, 1.54) is 12.1 Å². The first-order chi connectivity index (χ1) is 12.0. The molecule has 3 rings (SSSR count). The van der Waals surface area contributed by atoms with Gasteiger partial charge in [-0.2, -0.15) is 0 Å². The van der Waals surface area contributed by atoms with Crippen molar-refractivity contribution in [3.05, 3.63) is 60.2 Å². The molecule has 1 aliphatic carbocycles. The third kappa shape index (κ3) is 4.67. The summed E-state index contributed by atoms with van der Waals surface area (Å²) >= 11 is 0. The number of carbonyl (C=O) groups is 1. The molecule has 5 nitrogen and oxygen atoms in total. The molecule has 0 aliphatic heterocycles. The molecule has 2 aromatic carbocycles. The van der Waals surface area contributed by atoms with Crippen molar-refractivity contribution in [3.63, 3.8) is 0 Å². The Labute approximate surface area is 148 Å². The highest BCUT2D eigenvalue weighted by atomic mass is 32.2. The number of amides is 1. The van der Waals surface area contributed by atoms with Crippen LogP contribution in [0.25, 0.3) is 0 Å². The molecule has 0 spiro atoms. The van der Waals surface area contributed by atoms with Crippen LogP contribution in [0.2, 0.25) is 0 Å². The monoisotopic (exact) mass is 358 g/mol. The van der Waals surface area contributed by atoms with Crippen LogP contribution in [0.5, 0.6) is 0 Å². The molecule has 0 heterocycles. The molecule has 25 heavy (non-hydrogen) atoms. The van der Waals surface area contributed by atoms with E-state index in [1.807, 2.05) is 30.3 Å². The molecule has 1 aliphatic rings. The van der Waals surface area contributed by atoms with Gasteiger partial charge < -0.3 is 5.32 Å². The van der Waals surface area contributed by atoms with Crippen LogP contribution < -0.4 is 10.0 Å². The zero-order valence-corrected chi connectivity index (χ0v) is 14.8. The van der Waals surface area contributed by atoms with Gasteiger partial charge in [0, 0.05) is 18.2 Å². The first-order valence-corrected chi connectivity index (χ1v) is 9.97. The molecule has 132 valence electrons. The molecule has 0 unspecified atom stereocenters. The minimum Gasteiger partial charge on any atom is -0.326 e. The molecule has 0 saturated heterocycles. The van der Waals surface area contributed by atoms with Gasteiger partial charge in [-0.3, -0.25) is 4.79 Å². The first-order valence-electron chi connectivity index (χ1n) is 8.49. The second-order valence-electron chi connectivity index (χ2n) is 6.31. The Balaban J connectivity index is 1.61. The molecule has 6 heteroatoms. The Kier molecular flexibility index (Phi) is 5.50. The van der Waals surface area contributed by atoms with Crippen LogP contribution in [-0.2, 0) is 21.4 Å². The Morgan fingerprint density at radius 2 is 1.60 bits per heavy atom. The maximum atomic E-state index is 12.3. The largest absolute Gasteiger partial charge is 0.326 e. The molecule has 0 atom stereocenters. The fourth-order valence-corrected chi connectivity index (χ4v) is 4.03. The molecule has 1 fully saturated rings. The van der Waals surface area contributed by atoms with Crippen molar-refractivity contribution in [3.8, 4) is 0 Å². The predicted octanol–water partition coefficient (Wildman–Crippen LogP) is 3.29. The van der Waals surface area contributed by atoms with Crippen molar-refractivity contribution in [2.45, 2.75) is 37.1 Å². The highest BCUT2D eigenvalue weighted by Gasteiger charge is 2.22. The van der Waals surface area contributed by atoms with E-state index in [9.17, 15) is 13.2 Å². The van der Waals surface area contributed by atoms with E-state index in [-0.39, 0.29) is 23.3 Å². The van der Waals surface area contributed by atoms with Gasteiger partial charge in [-0.15, -0.1) is 0 Å². The van der Waals surface area contributed by atoms with Crippen molar-refractivity contribution in [1.82, 2.24) is 4.72 Å². The lowest BCUT2D eigenvalue weighted by atomic mass is 10.1. The van der Waals surface area contributed by atoms with Gasteiger partial charge in [0.1, 0.15) is 0 Å². The van der Waals surface area contributed by atoms with Crippen molar-refractivity contribution in [2.24, 2.45) is 5.92 Å². The Morgan fingerprint density at radius 3 is 2.24 bits per heavy atom. The number of nitrogens with one attached hydrogen (secondary N) is 2. The van der Waals surface area contributed by atoms with E-state index < -0.39 is 10.0 Å². The number of carbonyl (C=O) groups excluding carboxylic acids is 1. The maximum Gasteiger partial charge on any atom is 0.240 e. The van der Waals surface area contributed by atoms with Crippen LogP contribution in [0.1, 0.15) is 31.2 Å². The number of rotatable bonds is 6. The molecule has 0 bridgehead atoms. The average molecular weight is 358 g/mol. The van der Waals surface area contributed by atoms with E-state index in [2.05, 4.69) is 10.0 Å². The lowest BCUT2D eigenvalue weighted by Crippen LogP contribution is -2.23. The lowest BCUT2D eigenvalue weighted by Gasteiger charge is -2.11. The number of sulfonamides is 1. The van der Waals surface area contributed by atoms with Gasteiger partial charge in [0.15, 0.2) is 0 Å². The van der Waals surface area contributed by atoms with E-state index in [0.717, 1.165) is 31.2 Å². The zero-order valence-electron chi connectivity index (χ0n) is 13.9. The topological polar surface area (TPSA) is 75.3 Å². The second-order valence-corrected chi connectivity index (χ2v) is 8.07. The number of hydrogen-bond donors (Lipinski definition) is 2. The van der Waals surface area contributed by atoms with Gasteiger partial charge in [0.2, 0.25) is 15.9 Å².